The highest BCUT2D eigenvalue weighted by atomic mass is 16.5. The quantitative estimate of drug-likeness (QED) is 0.226. The third-order valence-corrected chi connectivity index (χ3v) is 3.09. The third kappa shape index (κ3) is 16.5. The predicted molar refractivity (Wildman–Crippen MR) is 89.9 cm³/mol. The maximum Gasteiger partial charge on any atom is 0.305 e. The summed E-state index contributed by atoms with van der Waals surface area (Å²) in [6.45, 7) is 2.21. The molecule has 0 unspecified atom stereocenters. The van der Waals surface area contributed by atoms with Crippen LogP contribution in [0.25, 0.3) is 0 Å². The molecule has 2 nitrogen and oxygen atoms in total. The SMILES string of the molecule is CCCCCC#CC/C=C\C/C=C\CCCCC(=O)OC. The Bertz CT molecular complexity index is 355. The molecule has 21 heavy (non-hydrogen) atoms. The van der Waals surface area contributed by atoms with E-state index in [4.69, 9.17) is 0 Å². The second-order valence-electron chi connectivity index (χ2n) is 5.02. The van der Waals surface area contributed by atoms with E-state index in [0.717, 1.165) is 38.5 Å². The van der Waals surface area contributed by atoms with Gasteiger partial charge in [0.25, 0.3) is 0 Å². The van der Waals surface area contributed by atoms with E-state index >= 15 is 0 Å². The first kappa shape index (κ1) is 19.5. The van der Waals surface area contributed by atoms with E-state index in [1.54, 1.807) is 0 Å². The van der Waals surface area contributed by atoms with Crippen molar-refractivity contribution in [3.05, 3.63) is 24.3 Å². The lowest BCUT2D eigenvalue weighted by Crippen LogP contribution is -1.98. The van der Waals surface area contributed by atoms with Crippen molar-refractivity contribution in [3.8, 4) is 11.8 Å². The summed E-state index contributed by atoms with van der Waals surface area (Å²) in [5.41, 5.74) is 0. The fourth-order valence-electron chi connectivity index (χ4n) is 1.79. The summed E-state index contributed by atoms with van der Waals surface area (Å²) < 4.78 is 4.59. The molecule has 0 N–H and O–H groups in total. The second kappa shape index (κ2) is 16.6. The molecule has 2 heteroatoms. The van der Waals surface area contributed by atoms with Gasteiger partial charge in [-0.25, -0.2) is 0 Å². The standard InChI is InChI=1S/C19H30O2/c1-3-4-5-6-7-8-9-10-11-12-13-14-15-16-17-18-19(20)21-2/h10-11,13-14H,3-6,9,12,15-18H2,1-2H3/b11-10-,14-13-. The molecule has 0 spiro atoms. The Kier molecular flexibility index (Phi) is 15.4. The molecule has 0 amide bonds. The van der Waals surface area contributed by atoms with Gasteiger partial charge < -0.3 is 4.74 Å². The number of allylic oxidation sites excluding steroid dienone is 4. The van der Waals surface area contributed by atoms with E-state index < -0.39 is 0 Å². The highest BCUT2D eigenvalue weighted by molar-refractivity contribution is 5.68. The van der Waals surface area contributed by atoms with E-state index in [2.05, 4.69) is 47.8 Å². The molecule has 0 heterocycles. The minimum absolute atomic E-state index is 0.113. The van der Waals surface area contributed by atoms with Crippen molar-refractivity contribution in [2.24, 2.45) is 0 Å². The third-order valence-electron chi connectivity index (χ3n) is 3.09. The number of hydrogen-bond acceptors (Lipinski definition) is 2. The summed E-state index contributed by atoms with van der Waals surface area (Å²) in [6.07, 6.45) is 18.8. The van der Waals surface area contributed by atoms with E-state index in [-0.39, 0.29) is 5.97 Å². The van der Waals surface area contributed by atoms with Gasteiger partial charge >= 0.3 is 5.97 Å². The Morgan fingerprint density at radius 2 is 1.81 bits per heavy atom. The van der Waals surface area contributed by atoms with E-state index in [1.807, 2.05) is 0 Å². The van der Waals surface area contributed by atoms with Crippen LogP contribution in [0, 0.1) is 11.8 Å². The van der Waals surface area contributed by atoms with Gasteiger partial charge in [0.05, 0.1) is 7.11 Å². The summed E-state index contributed by atoms with van der Waals surface area (Å²) in [4.78, 5) is 10.9. The Morgan fingerprint density at radius 3 is 2.57 bits per heavy atom. The molecule has 0 aliphatic heterocycles. The number of unbranched alkanes of at least 4 members (excludes halogenated alkanes) is 5. The zero-order chi connectivity index (χ0) is 15.6. The first-order chi connectivity index (χ1) is 10.3. The topological polar surface area (TPSA) is 26.3 Å². The van der Waals surface area contributed by atoms with Crippen LogP contribution in [-0.4, -0.2) is 13.1 Å². The lowest BCUT2D eigenvalue weighted by atomic mass is 10.2. The Morgan fingerprint density at radius 1 is 1.00 bits per heavy atom. The average molecular weight is 290 g/mol. The van der Waals surface area contributed by atoms with Gasteiger partial charge in [-0.1, -0.05) is 50.0 Å². The van der Waals surface area contributed by atoms with Gasteiger partial charge in [-0.05, 0) is 32.1 Å². The average Bonchev–Trinajstić information content (AvgIpc) is 2.50. The molecule has 0 aromatic heterocycles. The fourth-order valence-corrected chi connectivity index (χ4v) is 1.79. The van der Waals surface area contributed by atoms with Crippen LogP contribution in [0.3, 0.4) is 0 Å². The van der Waals surface area contributed by atoms with Crippen LogP contribution in [0.2, 0.25) is 0 Å². The van der Waals surface area contributed by atoms with Crippen LogP contribution >= 0.6 is 0 Å². The van der Waals surface area contributed by atoms with Crippen molar-refractivity contribution in [2.75, 3.05) is 7.11 Å². The molecule has 0 rings (SSSR count). The summed E-state index contributed by atoms with van der Waals surface area (Å²) in [5.74, 6) is 6.26. The van der Waals surface area contributed by atoms with Crippen molar-refractivity contribution >= 4 is 5.97 Å². The Labute approximate surface area is 130 Å². The normalized spacial score (nSPS) is 10.8. The highest BCUT2D eigenvalue weighted by Gasteiger charge is 1.97. The zero-order valence-electron chi connectivity index (χ0n) is 13.7. The van der Waals surface area contributed by atoms with E-state index in [0.29, 0.717) is 6.42 Å². The van der Waals surface area contributed by atoms with Crippen LogP contribution in [0.1, 0.15) is 71.1 Å². The summed E-state index contributed by atoms with van der Waals surface area (Å²) in [7, 11) is 1.43. The van der Waals surface area contributed by atoms with Crippen molar-refractivity contribution in [2.45, 2.75) is 71.1 Å². The van der Waals surface area contributed by atoms with E-state index in [9.17, 15) is 4.79 Å². The number of esters is 1. The maximum atomic E-state index is 10.9. The van der Waals surface area contributed by atoms with Crippen LogP contribution in [0.15, 0.2) is 24.3 Å². The number of carbonyl (C=O) groups excluding carboxylic acids is 1. The molecule has 0 atom stereocenters. The van der Waals surface area contributed by atoms with Crippen LogP contribution < -0.4 is 0 Å². The zero-order valence-corrected chi connectivity index (χ0v) is 13.7. The number of ether oxygens (including phenoxy) is 1. The molecule has 0 saturated heterocycles. The molecule has 0 radical (unpaired) electrons. The smallest absolute Gasteiger partial charge is 0.305 e. The molecule has 0 aromatic rings. The van der Waals surface area contributed by atoms with Gasteiger partial charge in [-0.2, -0.15) is 0 Å². The largest absolute Gasteiger partial charge is 0.469 e. The fraction of sp³-hybridized carbons (Fsp3) is 0.632. The summed E-state index contributed by atoms with van der Waals surface area (Å²) in [5, 5.41) is 0. The van der Waals surface area contributed by atoms with Gasteiger partial charge in [-0.15, -0.1) is 5.92 Å². The Balaban J connectivity index is 3.38. The number of methoxy groups -OCH3 is 1. The highest BCUT2D eigenvalue weighted by Crippen LogP contribution is 2.02. The van der Waals surface area contributed by atoms with Crippen molar-refractivity contribution in [1.82, 2.24) is 0 Å². The van der Waals surface area contributed by atoms with Gasteiger partial charge in [0, 0.05) is 19.3 Å². The Hall–Kier alpha value is -1.49. The van der Waals surface area contributed by atoms with Gasteiger partial charge in [-0.3, -0.25) is 4.79 Å². The number of hydrogen-bond donors (Lipinski definition) is 0. The lowest BCUT2D eigenvalue weighted by molar-refractivity contribution is -0.140. The first-order valence-electron chi connectivity index (χ1n) is 8.13. The van der Waals surface area contributed by atoms with Gasteiger partial charge in [0.1, 0.15) is 0 Å². The van der Waals surface area contributed by atoms with Crippen molar-refractivity contribution in [1.29, 1.82) is 0 Å². The van der Waals surface area contributed by atoms with E-state index in [1.165, 1.54) is 26.4 Å². The molecule has 0 fully saturated rings. The molecule has 0 aliphatic rings. The molecular weight excluding hydrogens is 260 g/mol. The lowest BCUT2D eigenvalue weighted by Gasteiger charge is -1.96. The molecule has 0 saturated carbocycles. The first-order valence-corrected chi connectivity index (χ1v) is 8.13. The molecular formula is C19H30O2. The number of rotatable bonds is 11. The molecule has 0 aliphatic carbocycles. The van der Waals surface area contributed by atoms with Crippen LogP contribution in [0.5, 0.6) is 0 Å². The molecule has 0 aromatic carbocycles. The summed E-state index contributed by atoms with van der Waals surface area (Å²) >= 11 is 0. The summed E-state index contributed by atoms with van der Waals surface area (Å²) in [6, 6.07) is 0. The monoisotopic (exact) mass is 290 g/mol. The second-order valence-corrected chi connectivity index (χ2v) is 5.02. The van der Waals surface area contributed by atoms with Gasteiger partial charge in [0.15, 0.2) is 0 Å². The number of carbonyl (C=O) groups is 1. The van der Waals surface area contributed by atoms with Gasteiger partial charge in [0.2, 0.25) is 0 Å². The van der Waals surface area contributed by atoms with Crippen molar-refractivity contribution in [3.63, 3.8) is 0 Å². The molecule has 0 bridgehead atoms. The predicted octanol–water partition coefficient (Wildman–Crippen LogP) is 5.20. The minimum atomic E-state index is -0.113. The van der Waals surface area contributed by atoms with Crippen LogP contribution in [-0.2, 0) is 9.53 Å². The maximum absolute atomic E-state index is 10.9. The molecule has 118 valence electrons. The minimum Gasteiger partial charge on any atom is -0.469 e. The van der Waals surface area contributed by atoms with Crippen LogP contribution in [0.4, 0.5) is 0 Å². The van der Waals surface area contributed by atoms with Crippen molar-refractivity contribution < 1.29 is 9.53 Å².